The van der Waals surface area contributed by atoms with Crippen molar-refractivity contribution in [3.63, 3.8) is 0 Å². The predicted octanol–water partition coefficient (Wildman–Crippen LogP) is 2.28. The number of aliphatic carboxylic acids is 1. The molecule has 13 heavy (non-hydrogen) atoms. The SMILES string of the molecule is Cc1ncsc1C(C)C(C)C(=O)O. The first-order valence-electron chi connectivity index (χ1n) is 4.16. The molecule has 1 rings (SSSR count). The average Bonchev–Trinajstić information content (AvgIpc) is 2.48. The average molecular weight is 199 g/mol. The first kappa shape index (κ1) is 10.2. The minimum atomic E-state index is -0.750. The van der Waals surface area contributed by atoms with E-state index in [0.29, 0.717) is 0 Å². The second-order valence-electron chi connectivity index (χ2n) is 3.22. The number of rotatable bonds is 3. The van der Waals surface area contributed by atoms with Crippen molar-refractivity contribution in [3.8, 4) is 0 Å². The molecule has 1 aromatic heterocycles. The number of aromatic nitrogens is 1. The van der Waals surface area contributed by atoms with Crippen molar-refractivity contribution in [2.75, 3.05) is 0 Å². The van der Waals surface area contributed by atoms with E-state index in [0.717, 1.165) is 10.6 Å². The summed E-state index contributed by atoms with van der Waals surface area (Å²) in [6.07, 6.45) is 0. The number of hydrogen-bond donors (Lipinski definition) is 1. The van der Waals surface area contributed by atoms with Crippen molar-refractivity contribution in [1.82, 2.24) is 4.98 Å². The van der Waals surface area contributed by atoms with Crippen LogP contribution in [-0.2, 0) is 4.79 Å². The second kappa shape index (κ2) is 3.87. The third-order valence-corrected chi connectivity index (χ3v) is 3.47. The van der Waals surface area contributed by atoms with Gasteiger partial charge in [0.2, 0.25) is 0 Å². The molecular weight excluding hydrogens is 186 g/mol. The minimum Gasteiger partial charge on any atom is -0.481 e. The molecule has 0 saturated heterocycles. The van der Waals surface area contributed by atoms with Gasteiger partial charge >= 0.3 is 5.97 Å². The molecule has 2 unspecified atom stereocenters. The van der Waals surface area contributed by atoms with E-state index in [1.807, 2.05) is 13.8 Å². The maximum atomic E-state index is 10.7. The molecule has 0 saturated carbocycles. The fraction of sp³-hybridized carbons (Fsp3) is 0.556. The standard InChI is InChI=1S/C9H13NO2S/c1-5(6(2)9(11)12)8-7(3)10-4-13-8/h4-6H,1-3H3,(H,11,12). The van der Waals surface area contributed by atoms with E-state index in [-0.39, 0.29) is 11.8 Å². The molecule has 1 heterocycles. The van der Waals surface area contributed by atoms with Crippen molar-refractivity contribution in [3.05, 3.63) is 16.1 Å². The third kappa shape index (κ3) is 2.06. The Labute approximate surface area is 81.4 Å². The van der Waals surface area contributed by atoms with Crippen LogP contribution in [-0.4, -0.2) is 16.1 Å². The van der Waals surface area contributed by atoms with Gasteiger partial charge in [0.25, 0.3) is 0 Å². The highest BCUT2D eigenvalue weighted by Gasteiger charge is 2.23. The van der Waals surface area contributed by atoms with Crippen LogP contribution < -0.4 is 0 Å². The Hall–Kier alpha value is -0.900. The Morgan fingerprint density at radius 3 is 2.62 bits per heavy atom. The Balaban J connectivity index is 2.85. The molecule has 0 radical (unpaired) electrons. The van der Waals surface area contributed by atoms with E-state index in [1.54, 1.807) is 12.4 Å². The number of carboxylic acids is 1. The lowest BCUT2D eigenvalue weighted by molar-refractivity contribution is -0.141. The summed E-state index contributed by atoms with van der Waals surface area (Å²) >= 11 is 1.53. The summed E-state index contributed by atoms with van der Waals surface area (Å²) in [5, 5.41) is 8.83. The number of nitrogens with zero attached hydrogens (tertiary/aromatic N) is 1. The molecule has 0 aliphatic rings. The highest BCUT2D eigenvalue weighted by Crippen LogP contribution is 2.29. The lowest BCUT2D eigenvalue weighted by Crippen LogP contribution is -2.16. The zero-order valence-corrected chi connectivity index (χ0v) is 8.76. The Morgan fingerprint density at radius 1 is 1.62 bits per heavy atom. The summed E-state index contributed by atoms with van der Waals surface area (Å²) in [4.78, 5) is 15.9. The summed E-state index contributed by atoms with van der Waals surface area (Å²) in [6, 6.07) is 0. The third-order valence-electron chi connectivity index (χ3n) is 2.34. The highest BCUT2D eigenvalue weighted by atomic mass is 32.1. The van der Waals surface area contributed by atoms with Crippen LogP contribution in [0.5, 0.6) is 0 Å². The quantitative estimate of drug-likeness (QED) is 0.812. The van der Waals surface area contributed by atoms with Gasteiger partial charge in [-0.15, -0.1) is 11.3 Å². The monoisotopic (exact) mass is 199 g/mol. The van der Waals surface area contributed by atoms with Crippen molar-refractivity contribution >= 4 is 17.3 Å². The zero-order valence-electron chi connectivity index (χ0n) is 7.94. The van der Waals surface area contributed by atoms with Gasteiger partial charge < -0.3 is 5.11 Å². The van der Waals surface area contributed by atoms with Crippen LogP contribution in [0.3, 0.4) is 0 Å². The molecule has 0 spiro atoms. The summed E-state index contributed by atoms with van der Waals surface area (Å²) < 4.78 is 0. The van der Waals surface area contributed by atoms with E-state index in [2.05, 4.69) is 4.98 Å². The van der Waals surface area contributed by atoms with Crippen LogP contribution >= 0.6 is 11.3 Å². The molecular formula is C9H13NO2S. The molecule has 3 nitrogen and oxygen atoms in total. The Bertz CT molecular complexity index is 308. The number of hydrogen-bond acceptors (Lipinski definition) is 3. The molecule has 1 N–H and O–H groups in total. The molecule has 0 aromatic carbocycles. The molecule has 0 amide bonds. The molecule has 72 valence electrons. The fourth-order valence-corrected chi connectivity index (χ4v) is 2.16. The zero-order chi connectivity index (χ0) is 10.0. The van der Waals surface area contributed by atoms with Gasteiger partial charge in [0.05, 0.1) is 17.1 Å². The van der Waals surface area contributed by atoms with Gasteiger partial charge in [-0.25, -0.2) is 4.98 Å². The Morgan fingerprint density at radius 2 is 2.23 bits per heavy atom. The van der Waals surface area contributed by atoms with Crippen LogP contribution in [0, 0.1) is 12.8 Å². The van der Waals surface area contributed by atoms with Gasteiger partial charge in [-0.1, -0.05) is 13.8 Å². The van der Waals surface area contributed by atoms with Crippen LogP contribution in [0.1, 0.15) is 30.3 Å². The summed E-state index contributed by atoms with van der Waals surface area (Å²) in [5.41, 5.74) is 2.71. The molecule has 1 aromatic rings. The fourth-order valence-electron chi connectivity index (χ4n) is 1.19. The van der Waals surface area contributed by atoms with Crippen LogP contribution in [0.25, 0.3) is 0 Å². The van der Waals surface area contributed by atoms with E-state index in [9.17, 15) is 4.79 Å². The van der Waals surface area contributed by atoms with Gasteiger partial charge in [-0.2, -0.15) is 0 Å². The minimum absolute atomic E-state index is 0.0463. The topological polar surface area (TPSA) is 50.2 Å². The van der Waals surface area contributed by atoms with Crippen LogP contribution in [0.4, 0.5) is 0 Å². The molecule has 0 aliphatic heterocycles. The van der Waals surface area contributed by atoms with E-state index >= 15 is 0 Å². The summed E-state index contributed by atoms with van der Waals surface area (Å²) in [6.45, 7) is 5.57. The van der Waals surface area contributed by atoms with E-state index in [1.165, 1.54) is 11.3 Å². The number of carboxylic acid groups (broad SMARTS) is 1. The van der Waals surface area contributed by atoms with Crippen molar-refractivity contribution < 1.29 is 9.90 Å². The van der Waals surface area contributed by atoms with Gasteiger partial charge in [0.15, 0.2) is 0 Å². The lowest BCUT2D eigenvalue weighted by atomic mass is 9.94. The van der Waals surface area contributed by atoms with E-state index in [4.69, 9.17) is 5.11 Å². The maximum Gasteiger partial charge on any atom is 0.306 e. The summed E-state index contributed by atoms with van der Waals surface area (Å²) in [5.74, 6) is -1.05. The van der Waals surface area contributed by atoms with Crippen molar-refractivity contribution in [2.24, 2.45) is 5.92 Å². The molecule has 0 aliphatic carbocycles. The molecule has 0 bridgehead atoms. The van der Waals surface area contributed by atoms with Crippen molar-refractivity contribution in [1.29, 1.82) is 0 Å². The van der Waals surface area contributed by atoms with Gasteiger partial charge in [-0.3, -0.25) is 4.79 Å². The first-order chi connectivity index (χ1) is 6.04. The van der Waals surface area contributed by atoms with Gasteiger partial charge in [-0.05, 0) is 6.92 Å². The highest BCUT2D eigenvalue weighted by molar-refractivity contribution is 7.09. The van der Waals surface area contributed by atoms with Gasteiger partial charge in [0.1, 0.15) is 0 Å². The molecule has 0 fully saturated rings. The van der Waals surface area contributed by atoms with Gasteiger partial charge in [0, 0.05) is 10.8 Å². The lowest BCUT2D eigenvalue weighted by Gasteiger charge is -2.14. The second-order valence-corrected chi connectivity index (χ2v) is 4.10. The summed E-state index contributed by atoms with van der Waals surface area (Å²) in [7, 11) is 0. The normalized spacial score (nSPS) is 15.3. The Kier molecular flexibility index (Phi) is 3.03. The first-order valence-corrected chi connectivity index (χ1v) is 5.04. The van der Waals surface area contributed by atoms with Crippen LogP contribution in [0.15, 0.2) is 5.51 Å². The number of thiazole rings is 1. The molecule has 2 atom stereocenters. The number of carbonyl (C=O) groups is 1. The van der Waals surface area contributed by atoms with E-state index < -0.39 is 5.97 Å². The maximum absolute atomic E-state index is 10.7. The number of aryl methyl sites for hydroxylation is 1. The largest absolute Gasteiger partial charge is 0.481 e. The van der Waals surface area contributed by atoms with Crippen molar-refractivity contribution in [2.45, 2.75) is 26.7 Å². The van der Waals surface area contributed by atoms with Crippen LogP contribution in [0.2, 0.25) is 0 Å². The predicted molar refractivity (Wildman–Crippen MR) is 52.1 cm³/mol. The molecule has 4 heteroatoms. The smallest absolute Gasteiger partial charge is 0.306 e.